The van der Waals surface area contributed by atoms with Gasteiger partial charge in [0.05, 0.1) is 5.52 Å². The van der Waals surface area contributed by atoms with Crippen molar-refractivity contribution in [2.45, 2.75) is 33.6 Å². The van der Waals surface area contributed by atoms with Crippen LogP contribution in [0.3, 0.4) is 0 Å². The number of rotatable bonds is 7. The quantitative estimate of drug-likeness (QED) is 0.156. The number of furan rings is 1. The van der Waals surface area contributed by atoms with Gasteiger partial charge in [-0.3, -0.25) is 0 Å². The summed E-state index contributed by atoms with van der Waals surface area (Å²) >= 11 is 0. The molecule has 0 N–H and O–H groups in total. The summed E-state index contributed by atoms with van der Waals surface area (Å²) in [5.74, 6) is 0.941. The predicted molar refractivity (Wildman–Crippen MR) is 278 cm³/mol. The number of aromatic nitrogens is 1. The molecular weight excluding hydrogens is 787 g/mol. The van der Waals surface area contributed by atoms with Gasteiger partial charge in [0.15, 0.2) is 0 Å². The topological polar surface area (TPSA) is 18.1 Å². The minimum Gasteiger partial charge on any atom is -0.455 e. The third kappa shape index (κ3) is 6.81. The van der Waals surface area contributed by atoms with Gasteiger partial charge in [0.25, 0.3) is 0 Å². The van der Waals surface area contributed by atoms with Gasteiger partial charge in [-0.25, -0.2) is 0 Å². The van der Waals surface area contributed by atoms with Gasteiger partial charge >= 0.3 is 0 Å². The third-order valence-corrected chi connectivity index (χ3v) is 13.3. The van der Waals surface area contributed by atoms with E-state index in [1.54, 1.807) is 0 Å². The van der Waals surface area contributed by atoms with Crippen LogP contribution in [0, 0.1) is 6.92 Å². The molecule has 2 aromatic heterocycles. The minimum absolute atomic E-state index is 0.0505. The second kappa shape index (κ2) is 16.6. The largest absolute Gasteiger partial charge is 0.455 e. The Morgan fingerprint density at radius 3 is 1.77 bits per heavy atom. The molecule has 2 heterocycles. The van der Waals surface area contributed by atoms with Crippen LogP contribution in [0.15, 0.2) is 199 Å². The molecule has 1 atom stereocenters. The van der Waals surface area contributed by atoms with Crippen LogP contribution in [0.2, 0.25) is 0 Å². The predicted octanol–water partition coefficient (Wildman–Crippen LogP) is 15.7. The average molecular weight is 836 g/mol. The van der Waals surface area contributed by atoms with Crippen molar-refractivity contribution in [3.8, 4) is 39.1 Å². The minimum atomic E-state index is 0.0505. The second-order valence-corrected chi connectivity index (χ2v) is 17.0. The molecule has 1 aliphatic rings. The zero-order valence-corrected chi connectivity index (χ0v) is 37.2. The summed E-state index contributed by atoms with van der Waals surface area (Å²) in [6, 6.07) is 63.8. The molecule has 0 fully saturated rings. The van der Waals surface area contributed by atoms with E-state index in [9.17, 15) is 0 Å². The van der Waals surface area contributed by atoms with Crippen molar-refractivity contribution in [1.82, 2.24) is 4.57 Å². The maximum absolute atomic E-state index is 6.96. The second-order valence-electron chi connectivity index (χ2n) is 17.0. The highest BCUT2D eigenvalue weighted by molar-refractivity contribution is 6.07. The van der Waals surface area contributed by atoms with Crippen LogP contribution in [0.25, 0.3) is 102 Å². The lowest BCUT2D eigenvalue weighted by Crippen LogP contribution is -2.29. The lowest BCUT2D eigenvalue weighted by atomic mass is 9.87. The maximum atomic E-state index is 6.96. The SMILES string of the molecule is C/C=C\c1c(C)c2ccc(C3=CC(c4ccccc4)C=Cc4c3oc3ccc(-c5ccccc5)cc43)cc2n1-c1ccc2c(-c3ccccc3)c(=C/C)/c(=C\C)c(-c3ccccc3)c2c1. The van der Waals surface area contributed by atoms with Crippen LogP contribution in [0.5, 0.6) is 0 Å². The first-order valence-corrected chi connectivity index (χ1v) is 22.7. The highest BCUT2D eigenvalue weighted by Gasteiger charge is 2.25. The van der Waals surface area contributed by atoms with E-state index in [1.165, 1.54) is 76.8 Å². The van der Waals surface area contributed by atoms with E-state index in [4.69, 9.17) is 4.42 Å². The summed E-state index contributed by atoms with van der Waals surface area (Å²) in [4.78, 5) is 0. The van der Waals surface area contributed by atoms with Crippen LogP contribution in [-0.4, -0.2) is 4.57 Å². The Balaban J connectivity index is 1.17. The smallest absolute Gasteiger partial charge is 0.142 e. The van der Waals surface area contributed by atoms with Crippen molar-refractivity contribution >= 4 is 62.5 Å². The van der Waals surface area contributed by atoms with E-state index in [0.29, 0.717) is 0 Å². The fraction of sp³-hybridized carbons (Fsp3) is 0.0794. The monoisotopic (exact) mass is 835 g/mol. The number of hydrogen-bond acceptors (Lipinski definition) is 1. The van der Waals surface area contributed by atoms with Crippen LogP contribution < -0.4 is 10.4 Å². The van der Waals surface area contributed by atoms with Crippen LogP contribution >= 0.6 is 0 Å². The van der Waals surface area contributed by atoms with Crippen molar-refractivity contribution in [1.29, 1.82) is 0 Å². The molecule has 0 aliphatic heterocycles. The van der Waals surface area contributed by atoms with E-state index in [0.717, 1.165) is 44.6 Å². The summed E-state index contributed by atoms with van der Waals surface area (Å²) in [7, 11) is 0. The Bertz CT molecular complexity index is 3660. The lowest BCUT2D eigenvalue weighted by Gasteiger charge is -2.18. The molecule has 10 aromatic rings. The van der Waals surface area contributed by atoms with Crippen molar-refractivity contribution in [2.24, 2.45) is 0 Å². The summed E-state index contributed by atoms with van der Waals surface area (Å²) in [5.41, 5.74) is 17.4. The molecule has 0 bridgehead atoms. The van der Waals surface area contributed by atoms with Crippen molar-refractivity contribution < 1.29 is 4.42 Å². The molecule has 0 spiro atoms. The van der Waals surface area contributed by atoms with Gasteiger partial charge in [-0.1, -0.05) is 182 Å². The number of hydrogen-bond donors (Lipinski definition) is 0. The average Bonchev–Trinajstić information content (AvgIpc) is 3.78. The molecule has 0 saturated heterocycles. The van der Waals surface area contributed by atoms with E-state index >= 15 is 0 Å². The summed E-state index contributed by atoms with van der Waals surface area (Å²) in [6.07, 6.45) is 16.0. The molecule has 312 valence electrons. The standard InChI is InChI=1S/C63H49NO/c1-5-20-58-41(4)52-33-30-48(55-37-46(42-21-12-8-13-22-42)29-34-54-56-38-47(43-23-14-9-15-24-43)31-36-60(56)65-63(54)55)39-59(52)64(58)49-32-35-53-57(40-49)62(45-27-18-11-19-28-45)51(7-3)50(6-2)61(53)44-25-16-10-17-26-44/h5-40,46H,1-4H3/b20-5-,50-6+,51-7+. The highest BCUT2D eigenvalue weighted by Crippen LogP contribution is 2.43. The molecule has 1 aliphatic carbocycles. The third-order valence-electron chi connectivity index (χ3n) is 13.3. The Kier molecular flexibility index (Phi) is 10.2. The maximum Gasteiger partial charge on any atom is 0.142 e. The van der Waals surface area contributed by atoms with Crippen molar-refractivity contribution in [3.63, 3.8) is 0 Å². The molecule has 0 radical (unpaired) electrons. The van der Waals surface area contributed by atoms with Crippen LogP contribution in [-0.2, 0) is 0 Å². The number of allylic oxidation sites excluding steroid dienone is 3. The lowest BCUT2D eigenvalue weighted by molar-refractivity contribution is 0.599. The van der Waals surface area contributed by atoms with Gasteiger partial charge in [-0.15, -0.1) is 0 Å². The van der Waals surface area contributed by atoms with E-state index in [-0.39, 0.29) is 5.92 Å². The fourth-order valence-electron chi connectivity index (χ4n) is 10.3. The Morgan fingerprint density at radius 1 is 0.523 bits per heavy atom. The fourth-order valence-corrected chi connectivity index (χ4v) is 10.3. The molecular formula is C63H49NO. The molecule has 1 unspecified atom stereocenters. The van der Waals surface area contributed by atoms with Crippen molar-refractivity contribution in [3.05, 3.63) is 238 Å². The van der Waals surface area contributed by atoms with Gasteiger partial charge in [-0.2, -0.15) is 0 Å². The van der Waals surface area contributed by atoms with Gasteiger partial charge in [0.1, 0.15) is 11.3 Å². The zero-order valence-electron chi connectivity index (χ0n) is 37.2. The van der Waals surface area contributed by atoms with Gasteiger partial charge in [-0.05, 0) is 135 Å². The highest BCUT2D eigenvalue weighted by atomic mass is 16.3. The van der Waals surface area contributed by atoms with Crippen molar-refractivity contribution in [2.75, 3.05) is 0 Å². The first kappa shape index (κ1) is 39.9. The Hall–Kier alpha value is -7.94. The summed E-state index contributed by atoms with van der Waals surface area (Å²) < 4.78 is 9.42. The molecule has 11 rings (SSSR count). The van der Waals surface area contributed by atoms with Gasteiger partial charge in [0, 0.05) is 39.2 Å². The molecule has 0 amide bonds. The van der Waals surface area contributed by atoms with E-state index < -0.39 is 0 Å². The van der Waals surface area contributed by atoms with Crippen LogP contribution in [0.4, 0.5) is 0 Å². The molecule has 0 saturated carbocycles. The van der Waals surface area contributed by atoms with Gasteiger partial charge < -0.3 is 8.98 Å². The summed E-state index contributed by atoms with van der Waals surface area (Å²) in [6.45, 7) is 8.70. The number of aryl methyl sites for hydroxylation is 1. The number of nitrogens with zero attached hydrogens (tertiary/aromatic N) is 1. The molecule has 8 aromatic carbocycles. The van der Waals surface area contributed by atoms with E-state index in [1.807, 2.05) is 0 Å². The first-order valence-electron chi connectivity index (χ1n) is 22.7. The molecule has 2 heteroatoms. The Labute approximate surface area is 380 Å². The first-order chi connectivity index (χ1) is 32.0. The molecule has 2 nitrogen and oxygen atoms in total. The number of benzene rings is 8. The Morgan fingerprint density at radius 2 is 1.12 bits per heavy atom. The normalized spacial score (nSPS) is 14.5. The zero-order chi connectivity index (χ0) is 44.0. The van der Waals surface area contributed by atoms with E-state index in [2.05, 4.69) is 251 Å². The summed E-state index contributed by atoms with van der Waals surface area (Å²) in [5, 5.41) is 7.28. The van der Waals surface area contributed by atoms with Gasteiger partial charge in [0.2, 0.25) is 0 Å². The van der Waals surface area contributed by atoms with Crippen LogP contribution in [0.1, 0.15) is 60.4 Å². The molecule has 65 heavy (non-hydrogen) atoms. The number of fused-ring (bicyclic) bond motifs is 5.